The number of aliphatic hydroxyl groups is 1. The van der Waals surface area contributed by atoms with Crippen LogP contribution in [0.15, 0.2) is 12.1 Å². The van der Waals surface area contributed by atoms with Crippen LogP contribution in [0.3, 0.4) is 0 Å². The highest BCUT2D eigenvalue weighted by Crippen LogP contribution is 2.36. The molecule has 0 aliphatic carbocycles. The lowest BCUT2D eigenvalue weighted by atomic mass is 10.2. The summed E-state index contributed by atoms with van der Waals surface area (Å²) in [6.45, 7) is 4.68. The number of aliphatic hydroxyl groups excluding tert-OH is 1. The molecule has 0 bridgehead atoms. The number of rotatable bonds is 6. The quantitative estimate of drug-likeness (QED) is 0.864. The zero-order chi connectivity index (χ0) is 14.4. The first-order valence-corrected chi connectivity index (χ1v) is 7.02. The van der Waals surface area contributed by atoms with Gasteiger partial charge in [0.2, 0.25) is 0 Å². The Balaban J connectivity index is 1.94. The molecule has 5 nitrogen and oxygen atoms in total. The second kappa shape index (κ2) is 7.69. The van der Waals surface area contributed by atoms with Gasteiger partial charge in [-0.05, 0) is 17.7 Å². The number of hydrogen-bond donors (Lipinski definition) is 1. The van der Waals surface area contributed by atoms with Gasteiger partial charge in [-0.1, -0.05) is 11.6 Å². The third-order valence-electron chi connectivity index (χ3n) is 3.23. The van der Waals surface area contributed by atoms with Crippen LogP contribution in [0.25, 0.3) is 0 Å². The smallest absolute Gasteiger partial charge is 0.179 e. The van der Waals surface area contributed by atoms with Crippen LogP contribution >= 0.6 is 11.6 Å². The van der Waals surface area contributed by atoms with E-state index in [2.05, 4.69) is 4.90 Å². The Kier molecular flexibility index (Phi) is 5.91. The van der Waals surface area contributed by atoms with Crippen molar-refractivity contribution >= 4 is 11.6 Å². The Labute approximate surface area is 124 Å². The fourth-order valence-corrected chi connectivity index (χ4v) is 2.39. The lowest BCUT2D eigenvalue weighted by molar-refractivity contribution is 0.0321. The standard InChI is InChI=1S/C14H20ClNO4/c1-18-13-9-11(10-17)8-12(15)14(13)20-7-4-16-2-5-19-6-3-16/h8-9,17H,2-7,10H2,1H3. The molecule has 0 amide bonds. The second-order valence-corrected chi connectivity index (χ2v) is 4.98. The third-order valence-corrected chi connectivity index (χ3v) is 3.51. The molecule has 0 aromatic heterocycles. The van der Waals surface area contributed by atoms with E-state index in [1.165, 1.54) is 0 Å². The minimum Gasteiger partial charge on any atom is -0.493 e. The van der Waals surface area contributed by atoms with Gasteiger partial charge in [0.05, 0.1) is 32.0 Å². The van der Waals surface area contributed by atoms with E-state index in [9.17, 15) is 0 Å². The van der Waals surface area contributed by atoms with Crippen LogP contribution in [0.1, 0.15) is 5.56 Å². The Morgan fingerprint density at radius 1 is 1.35 bits per heavy atom. The molecular weight excluding hydrogens is 282 g/mol. The number of ether oxygens (including phenoxy) is 3. The molecular formula is C14H20ClNO4. The van der Waals surface area contributed by atoms with Gasteiger partial charge in [0, 0.05) is 19.6 Å². The minimum atomic E-state index is -0.0792. The van der Waals surface area contributed by atoms with Crippen molar-refractivity contribution in [2.75, 3.05) is 46.6 Å². The monoisotopic (exact) mass is 301 g/mol. The van der Waals surface area contributed by atoms with Crippen molar-refractivity contribution in [2.24, 2.45) is 0 Å². The molecule has 112 valence electrons. The van der Waals surface area contributed by atoms with E-state index in [-0.39, 0.29) is 6.61 Å². The van der Waals surface area contributed by atoms with E-state index in [4.69, 9.17) is 30.9 Å². The van der Waals surface area contributed by atoms with Gasteiger partial charge in [-0.15, -0.1) is 0 Å². The predicted octanol–water partition coefficient (Wildman–Crippen LogP) is 1.55. The zero-order valence-electron chi connectivity index (χ0n) is 11.6. The molecule has 0 atom stereocenters. The van der Waals surface area contributed by atoms with Gasteiger partial charge >= 0.3 is 0 Å². The lowest BCUT2D eigenvalue weighted by Crippen LogP contribution is -2.38. The maximum Gasteiger partial charge on any atom is 0.179 e. The van der Waals surface area contributed by atoms with Crippen LogP contribution in [0, 0.1) is 0 Å². The number of hydrogen-bond acceptors (Lipinski definition) is 5. The first kappa shape index (κ1) is 15.4. The van der Waals surface area contributed by atoms with Gasteiger partial charge in [0.1, 0.15) is 6.61 Å². The summed E-state index contributed by atoms with van der Waals surface area (Å²) in [5.74, 6) is 1.07. The maximum atomic E-state index is 9.15. The van der Waals surface area contributed by atoms with Crippen LogP contribution in [-0.4, -0.2) is 56.6 Å². The van der Waals surface area contributed by atoms with Crippen molar-refractivity contribution in [3.8, 4) is 11.5 Å². The van der Waals surface area contributed by atoms with E-state index in [0.29, 0.717) is 28.7 Å². The zero-order valence-corrected chi connectivity index (χ0v) is 12.4. The van der Waals surface area contributed by atoms with Crippen LogP contribution in [0.4, 0.5) is 0 Å². The number of halogens is 1. The Morgan fingerprint density at radius 2 is 2.10 bits per heavy atom. The third kappa shape index (κ3) is 3.99. The number of nitrogens with zero attached hydrogens (tertiary/aromatic N) is 1. The Bertz CT molecular complexity index is 435. The molecule has 0 radical (unpaired) electrons. The van der Waals surface area contributed by atoms with Crippen molar-refractivity contribution in [3.05, 3.63) is 22.7 Å². The number of benzene rings is 1. The number of methoxy groups -OCH3 is 1. The average Bonchev–Trinajstić information content (AvgIpc) is 2.49. The molecule has 1 aliphatic rings. The lowest BCUT2D eigenvalue weighted by Gasteiger charge is -2.26. The molecule has 1 saturated heterocycles. The molecule has 2 rings (SSSR count). The summed E-state index contributed by atoms with van der Waals surface area (Å²) >= 11 is 6.16. The van der Waals surface area contributed by atoms with E-state index in [0.717, 1.165) is 32.8 Å². The minimum absolute atomic E-state index is 0.0792. The van der Waals surface area contributed by atoms with E-state index < -0.39 is 0 Å². The molecule has 6 heteroatoms. The number of morpholine rings is 1. The largest absolute Gasteiger partial charge is 0.493 e. The molecule has 1 aromatic carbocycles. The van der Waals surface area contributed by atoms with Crippen LogP contribution in [0.5, 0.6) is 11.5 Å². The molecule has 1 heterocycles. The normalized spacial score (nSPS) is 16.1. The molecule has 0 spiro atoms. The van der Waals surface area contributed by atoms with Crippen molar-refractivity contribution in [1.82, 2.24) is 4.90 Å². The van der Waals surface area contributed by atoms with Gasteiger partial charge in [-0.3, -0.25) is 4.90 Å². The van der Waals surface area contributed by atoms with Gasteiger partial charge in [0.25, 0.3) is 0 Å². The summed E-state index contributed by atoms with van der Waals surface area (Å²) in [6.07, 6.45) is 0. The molecule has 20 heavy (non-hydrogen) atoms. The highest BCUT2D eigenvalue weighted by Gasteiger charge is 2.14. The molecule has 0 saturated carbocycles. The summed E-state index contributed by atoms with van der Waals surface area (Å²) in [7, 11) is 1.56. The average molecular weight is 302 g/mol. The van der Waals surface area contributed by atoms with Gasteiger partial charge in [-0.2, -0.15) is 0 Å². The maximum absolute atomic E-state index is 9.15. The van der Waals surface area contributed by atoms with Gasteiger partial charge < -0.3 is 19.3 Å². The van der Waals surface area contributed by atoms with Crippen LogP contribution in [-0.2, 0) is 11.3 Å². The fourth-order valence-electron chi connectivity index (χ4n) is 2.11. The first-order chi connectivity index (χ1) is 9.74. The molecule has 0 unspecified atom stereocenters. The SMILES string of the molecule is COc1cc(CO)cc(Cl)c1OCCN1CCOCC1. The van der Waals surface area contributed by atoms with Gasteiger partial charge in [0.15, 0.2) is 11.5 Å². The van der Waals surface area contributed by atoms with Crippen molar-refractivity contribution in [2.45, 2.75) is 6.61 Å². The Hall–Kier alpha value is -1.01. The van der Waals surface area contributed by atoms with Gasteiger partial charge in [-0.25, -0.2) is 0 Å². The molecule has 1 aromatic rings. The van der Waals surface area contributed by atoms with E-state index in [1.807, 2.05) is 0 Å². The van der Waals surface area contributed by atoms with E-state index in [1.54, 1.807) is 19.2 Å². The highest BCUT2D eigenvalue weighted by molar-refractivity contribution is 6.32. The molecule has 1 N–H and O–H groups in total. The predicted molar refractivity (Wildman–Crippen MR) is 76.7 cm³/mol. The van der Waals surface area contributed by atoms with Crippen molar-refractivity contribution < 1.29 is 19.3 Å². The molecule has 1 fully saturated rings. The van der Waals surface area contributed by atoms with Crippen LogP contribution in [0.2, 0.25) is 5.02 Å². The van der Waals surface area contributed by atoms with Crippen LogP contribution < -0.4 is 9.47 Å². The van der Waals surface area contributed by atoms with Crippen molar-refractivity contribution in [1.29, 1.82) is 0 Å². The van der Waals surface area contributed by atoms with E-state index >= 15 is 0 Å². The van der Waals surface area contributed by atoms with Crippen molar-refractivity contribution in [3.63, 3.8) is 0 Å². The first-order valence-electron chi connectivity index (χ1n) is 6.64. The highest BCUT2D eigenvalue weighted by atomic mass is 35.5. The Morgan fingerprint density at radius 3 is 2.75 bits per heavy atom. The summed E-state index contributed by atoms with van der Waals surface area (Å²) < 4.78 is 16.3. The fraction of sp³-hybridized carbons (Fsp3) is 0.571. The topological polar surface area (TPSA) is 51.2 Å². The molecule has 1 aliphatic heterocycles. The summed E-state index contributed by atoms with van der Waals surface area (Å²) in [5.41, 5.74) is 0.701. The summed E-state index contributed by atoms with van der Waals surface area (Å²) in [5, 5.41) is 9.60. The summed E-state index contributed by atoms with van der Waals surface area (Å²) in [4.78, 5) is 2.28. The summed E-state index contributed by atoms with van der Waals surface area (Å²) in [6, 6.07) is 3.42. The second-order valence-electron chi connectivity index (χ2n) is 4.57.